The number of thioether (sulfide) groups is 1. The first-order valence-electron chi connectivity index (χ1n) is 11.7. The molecule has 7 heteroatoms. The van der Waals surface area contributed by atoms with Gasteiger partial charge in [-0.1, -0.05) is 30.3 Å². The Kier molecular flexibility index (Phi) is 6.83. The number of carbonyl (C=O) groups excluding carboxylic acids is 2. The number of aromatic nitrogens is 2. The van der Waals surface area contributed by atoms with Gasteiger partial charge in [0.2, 0.25) is 5.12 Å². The fraction of sp³-hybridized carbons (Fsp3) is 0.333. The largest absolute Gasteiger partial charge is 0.310 e. The number of nitrogens with one attached hydrogen (secondary N) is 1. The quantitative estimate of drug-likeness (QED) is 0.389. The van der Waals surface area contributed by atoms with Crippen LogP contribution in [0.25, 0.3) is 16.8 Å². The molecule has 1 N–H and O–H groups in total. The van der Waals surface area contributed by atoms with Crippen molar-refractivity contribution >= 4 is 39.5 Å². The van der Waals surface area contributed by atoms with Gasteiger partial charge >= 0.3 is 0 Å². The van der Waals surface area contributed by atoms with Gasteiger partial charge in [-0.3, -0.25) is 9.59 Å². The number of carbonyl (C=O) groups is 2. The third kappa shape index (κ3) is 5.26. The highest BCUT2D eigenvalue weighted by atomic mass is 32.2. The highest BCUT2D eigenvalue weighted by molar-refractivity contribution is 8.18. The number of allylic oxidation sites excluding steroid dienone is 1. The summed E-state index contributed by atoms with van der Waals surface area (Å²) in [5.41, 5.74) is 1.80. The highest BCUT2D eigenvalue weighted by Gasteiger charge is 2.26. The molecule has 34 heavy (non-hydrogen) atoms. The molecule has 2 aromatic carbocycles. The minimum Gasteiger partial charge on any atom is -0.310 e. The summed E-state index contributed by atoms with van der Waals surface area (Å²) in [7, 11) is 0. The zero-order valence-corrected chi connectivity index (χ0v) is 19.6. The van der Waals surface area contributed by atoms with E-state index in [0.29, 0.717) is 27.9 Å². The zero-order valence-electron chi connectivity index (χ0n) is 18.8. The molecule has 0 spiro atoms. The van der Waals surface area contributed by atoms with Gasteiger partial charge in [-0.2, -0.15) is 0 Å². The Morgan fingerprint density at radius 1 is 1.03 bits per heavy atom. The van der Waals surface area contributed by atoms with Crippen LogP contribution in [0, 0.1) is 11.7 Å². The van der Waals surface area contributed by atoms with Crippen LogP contribution in [0.5, 0.6) is 0 Å². The van der Waals surface area contributed by atoms with Crippen LogP contribution < -0.4 is 5.32 Å². The number of benzene rings is 2. The number of nitrogens with zero attached hydrogens (tertiary/aromatic N) is 2. The normalized spacial score (nSPS) is 22.1. The molecule has 2 heterocycles. The highest BCUT2D eigenvalue weighted by Crippen LogP contribution is 2.31. The molecule has 2 aliphatic rings. The van der Waals surface area contributed by atoms with E-state index in [1.807, 2.05) is 30.3 Å². The van der Waals surface area contributed by atoms with Crippen molar-refractivity contribution in [3.63, 3.8) is 0 Å². The summed E-state index contributed by atoms with van der Waals surface area (Å²) in [6.45, 7) is 0.731. The third-order valence-corrected chi connectivity index (χ3v) is 7.61. The average Bonchev–Trinajstić information content (AvgIpc) is 3.16. The van der Waals surface area contributed by atoms with E-state index in [0.717, 1.165) is 67.2 Å². The van der Waals surface area contributed by atoms with Crippen molar-refractivity contribution in [3.05, 3.63) is 76.5 Å². The molecule has 2 fully saturated rings. The van der Waals surface area contributed by atoms with Crippen LogP contribution in [0.2, 0.25) is 0 Å². The maximum absolute atomic E-state index is 14.1. The van der Waals surface area contributed by atoms with Gasteiger partial charge in [0.15, 0.2) is 5.78 Å². The summed E-state index contributed by atoms with van der Waals surface area (Å²) < 4.78 is 14.1. The van der Waals surface area contributed by atoms with E-state index in [9.17, 15) is 14.0 Å². The number of hydrogen-bond donors (Lipinski definition) is 1. The van der Waals surface area contributed by atoms with Crippen molar-refractivity contribution in [2.45, 2.75) is 51.1 Å². The number of halogens is 1. The van der Waals surface area contributed by atoms with E-state index >= 15 is 0 Å². The summed E-state index contributed by atoms with van der Waals surface area (Å²) in [5.74, 6) is 1.00. The van der Waals surface area contributed by atoms with E-state index in [2.05, 4.69) is 15.3 Å². The molecule has 1 saturated heterocycles. The second-order valence-electron chi connectivity index (χ2n) is 9.04. The standard InChI is InChI=1S/C27H26FN3O2S/c28-23-10-7-18(21-3-1-2-4-22(21)23)16-30-19-8-5-17(6-9-19)13-26-29-12-11-20(31-26)14-25-24(32)15-27(33)34-25/h1-4,7,10-12,14,17,19,30H,5-6,8-9,13,15-16H2/b25-14-. The minimum absolute atomic E-state index is 0.0247. The van der Waals surface area contributed by atoms with Crippen LogP contribution in [-0.2, 0) is 22.6 Å². The van der Waals surface area contributed by atoms with Gasteiger partial charge in [0, 0.05) is 30.6 Å². The lowest BCUT2D eigenvalue weighted by Gasteiger charge is -2.29. The van der Waals surface area contributed by atoms with E-state index in [-0.39, 0.29) is 23.1 Å². The number of rotatable bonds is 6. The lowest BCUT2D eigenvalue weighted by Crippen LogP contribution is -2.33. The lowest BCUT2D eigenvalue weighted by molar-refractivity contribution is -0.119. The molecule has 5 rings (SSSR count). The third-order valence-electron chi connectivity index (χ3n) is 6.67. The molecule has 0 atom stereocenters. The zero-order chi connectivity index (χ0) is 23.5. The fourth-order valence-electron chi connectivity index (χ4n) is 4.83. The Hall–Kier alpha value is -2.90. The van der Waals surface area contributed by atoms with Crippen molar-refractivity contribution in [2.24, 2.45) is 5.92 Å². The van der Waals surface area contributed by atoms with E-state index < -0.39 is 0 Å². The smallest absolute Gasteiger partial charge is 0.201 e. The molecule has 1 saturated carbocycles. The summed E-state index contributed by atoms with van der Waals surface area (Å²) in [5, 5.41) is 5.20. The van der Waals surface area contributed by atoms with Gasteiger partial charge in [-0.15, -0.1) is 0 Å². The molecule has 0 amide bonds. The van der Waals surface area contributed by atoms with E-state index in [1.165, 1.54) is 0 Å². The number of fused-ring (bicyclic) bond motifs is 1. The van der Waals surface area contributed by atoms with Crippen LogP contribution in [0.1, 0.15) is 49.2 Å². The molecule has 0 radical (unpaired) electrons. The topological polar surface area (TPSA) is 72.0 Å². The van der Waals surface area contributed by atoms with E-state index in [4.69, 9.17) is 0 Å². The molecular formula is C27H26FN3O2S. The second-order valence-corrected chi connectivity index (χ2v) is 10.1. The van der Waals surface area contributed by atoms with Gasteiger partial charge in [0.1, 0.15) is 11.6 Å². The monoisotopic (exact) mass is 475 g/mol. The fourth-order valence-corrected chi connectivity index (χ4v) is 5.65. The first-order valence-corrected chi connectivity index (χ1v) is 12.5. The van der Waals surface area contributed by atoms with Crippen molar-refractivity contribution in [1.29, 1.82) is 0 Å². The lowest BCUT2D eigenvalue weighted by atomic mass is 9.84. The molecule has 3 aromatic rings. The van der Waals surface area contributed by atoms with Crippen molar-refractivity contribution in [1.82, 2.24) is 15.3 Å². The van der Waals surface area contributed by atoms with Crippen LogP contribution >= 0.6 is 11.8 Å². The first kappa shape index (κ1) is 22.9. The van der Waals surface area contributed by atoms with Crippen LogP contribution in [0.3, 0.4) is 0 Å². The maximum atomic E-state index is 14.1. The molecule has 5 nitrogen and oxygen atoms in total. The van der Waals surface area contributed by atoms with Crippen molar-refractivity contribution < 1.29 is 14.0 Å². The van der Waals surface area contributed by atoms with Gasteiger partial charge in [-0.25, -0.2) is 14.4 Å². The number of Topliss-reactive ketones (excluding diaryl/α,β-unsaturated/α-hetero) is 1. The average molecular weight is 476 g/mol. The molecule has 0 bridgehead atoms. The SMILES string of the molecule is O=C1CC(=O)/C(=C/c2ccnc(CC3CCC(NCc4ccc(F)c5ccccc45)CC3)n2)S1. The van der Waals surface area contributed by atoms with Crippen molar-refractivity contribution in [2.75, 3.05) is 0 Å². The molecule has 1 aromatic heterocycles. The molecule has 1 aliphatic carbocycles. The van der Waals surface area contributed by atoms with Gasteiger partial charge < -0.3 is 5.32 Å². The summed E-state index contributed by atoms with van der Waals surface area (Å²) in [6, 6.07) is 13.3. The van der Waals surface area contributed by atoms with Gasteiger partial charge in [-0.05, 0) is 72.5 Å². The Labute approximate surface area is 202 Å². The Balaban J connectivity index is 1.15. The van der Waals surface area contributed by atoms with Crippen molar-refractivity contribution in [3.8, 4) is 0 Å². The van der Waals surface area contributed by atoms with Crippen LogP contribution in [-0.4, -0.2) is 26.9 Å². The predicted octanol–water partition coefficient (Wildman–Crippen LogP) is 5.23. The first-order chi connectivity index (χ1) is 16.5. The molecule has 174 valence electrons. The molecular weight excluding hydrogens is 449 g/mol. The summed E-state index contributed by atoms with van der Waals surface area (Å²) in [6.07, 6.45) is 8.57. The number of ketones is 1. The second kappa shape index (κ2) is 10.2. The van der Waals surface area contributed by atoms with Crippen LogP contribution in [0.15, 0.2) is 53.6 Å². The number of hydrogen-bond acceptors (Lipinski definition) is 6. The summed E-state index contributed by atoms with van der Waals surface area (Å²) in [4.78, 5) is 32.8. The molecule has 1 aliphatic heterocycles. The van der Waals surface area contributed by atoms with Gasteiger partial charge in [0.25, 0.3) is 0 Å². The predicted molar refractivity (Wildman–Crippen MR) is 132 cm³/mol. The Morgan fingerprint density at radius 2 is 1.82 bits per heavy atom. The molecule has 0 unspecified atom stereocenters. The summed E-state index contributed by atoms with van der Waals surface area (Å²) >= 11 is 1.00. The maximum Gasteiger partial charge on any atom is 0.201 e. The Morgan fingerprint density at radius 3 is 2.59 bits per heavy atom. The van der Waals surface area contributed by atoms with Crippen LogP contribution in [0.4, 0.5) is 4.39 Å². The Bertz CT molecular complexity index is 1270. The minimum atomic E-state index is -0.176. The van der Waals surface area contributed by atoms with Gasteiger partial charge in [0.05, 0.1) is 17.0 Å². The van der Waals surface area contributed by atoms with E-state index in [1.54, 1.807) is 24.4 Å².